The highest BCUT2D eigenvalue weighted by Crippen LogP contribution is 2.23. The van der Waals surface area contributed by atoms with E-state index in [9.17, 15) is 4.79 Å². The molecule has 0 radical (unpaired) electrons. The maximum Gasteiger partial charge on any atom is 0.259 e. The fraction of sp³-hybridized carbons (Fsp3) is 0.167. The summed E-state index contributed by atoms with van der Waals surface area (Å²) in [4.78, 5) is 20.1. The Bertz CT molecular complexity index is 772. The monoisotopic (exact) mass is 296 g/mol. The van der Waals surface area contributed by atoms with Gasteiger partial charge in [0.15, 0.2) is 0 Å². The first-order valence-electron chi connectivity index (χ1n) is 5.33. The molecular formula is C12H9ClN2OS2. The van der Waals surface area contributed by atoms with Gasteiger partial charge in [0.1, 0.15) is 10.7 Å². The first-order valence-corrected chi connectivity index (χ1v) is 7.47. The van der Waals surface area contributed by atoms with Crippen LogP contribution in [-0.2, 0) is 6.42 Å². The molecule has 92 valence electrons. The number of thiophene rings is 2. The summed E-state index contributed by atoms with van der Waals surface area (Å²) >= 11 is 8.87. The summed E-state index contributed by atoms with van der Waals surface area (Å²) in [5, 5.41) is 4.64. The molecule has 1 N–H and O–H groups in total. The van der Waals surface area contributed by atoms with Crippen LogP contribution >= 0.6 is 34.3 Å². The molecule has 0 aliphatic carbocycles. The number of aryl methyl sites for hydroxylation is 1. The van der Waals surface area contributed by atoms with E-state index in [4.69, 9.17) is 11.6 Å². The summed E-state index contributed by atoms with van der Waals surface area (Å²) < 4.78 is 0.750. The molecule has 0 amide bonds. The Balaban J connectivity index is 2.05. The van der Waals surface area contributed by atoms with Crippen LogP contribution in [0.15, 0.2) is 21.6 Å². The number of rotatable bonds is 2. The number of halogens is 1. The standard InChI is InChI=1S/C12H9ClN2OS2/c1-6-4-18-12-10(6)11(16)14-9(15-12)3-7-2-8(13)17-5-7/h2,4-5H,3H2,1H3,(H,14,15,16). The lowest BCUT2D eigenvalue weighted by Crippen LogP contribution is -2.11. The highest BCUT2D eigenvalue weighted by atomic mass is 35.5. The van der Waals surface area contributed by atoms with Crippen LogP contribution in [0.5, 0.6) is 0 Å². The average Bonchev–Trinajstić information content (AvgIpc) is 2.86. The van der Waals surface area contributed by atoms with Crippen LogP contribution in [0.4, 0.5) is 0 Å². The van der Waals surface area contributed by atoms with Gasteiger partial charge in [0.05, 0.1) is 9.72 Å². The molecular weight excluding hydrogens is 288 g/mol. The second-order valence-corrected chi connectivity index (χ2v) is 6.45. The van der Waals surface area contributed by atoms with Gasteiger partial charge in [0.25, 0.3) is 5.56 Å². The predicted octanol–water partition coefficient (Wildman–Crippen LogP) is 3.60. The van der Waals surface area contributed by atoms with Gasteiger partial charge >= 0.3 is 0 Å². The van der Waals surface area contributed by atoms with Crippen molar-refractivity contribution in [1.82, 2.24) is 9.97 Å². The lowest BCUT2D eigenvalue weighted by molar-refractivity contribution is 0.980. The second-order valence-electron chi connectivity index (χ2n) is 4.05. The van der Waals surface area contributed by atoms with Gasteiger partial charge in [0, 0.05) is 6.42 Å². The summed E-state index contributed by atoms with van der Waals surface area (Å²) in [6, 6.07) is 1.90. The van der Waals surface area contributed by atoms with Crippen molar-refractivity contribution >= 4 is 44.5 Å². The molecule has 0 atom stereocenters. The zero-order valence-electron chi connectivity index (χ0n) is 9.49. The molecule has 0 aliphatic heterocycles. The van der Waals surface area contributed by atoms with E-state index < -0.39 is 0 Å². The molecule has 0 bridgehead atoms. The third-order valence-electron chi connectivity index (χ3n) is 2.67. The molecule has 0 aliphatic rings. The van der Waals surface area contributed by atoms with E-state index in [1.165, 1.54) is 22.7 Å². The zero-order valence-corrected chi connectivity index (χ0v) is 11.9. The molecule has 3 aromatic rings. The topological polar surface area (TPSA) is 45.8 Å². The molecule has 0 saturated carbocycles. The third kappa shape index (κ3) is 2.09. The van der Waals surface area contributed by atoms with E-state index in [1.54, 1.807) is 0 Å². The van der Waals surface area contributed by atoms with Gasteiger partial charge in [-0.2, -0.15) is 0 Å². The van der Waals surface area contributed by atoms with Crippen molar-refractivity contribution in [2.24, 2.45) is 0 Å². The van der Waals surface area contributed by atoms with Gasteiger partial charge in [-0.25, -0.2) is 4.98 Å². The quantitative estimate of drug-likeness (QED) is 0.785. The van der Waals surface area contributed by atoms with Gasteiger partial charge in [0.2, 0.25) is 0 Å². The van der Waals surface area contributed by atoms with Crippen LogP contribution in [0.2, 0.25) is 4.34 Å². The number of fused-ring (bicyclic) bond motifs is 1. The van der Waals surface area contributed by atoms with Crippen LogP contribution in [0, 0.1) is 6.92 Å². The minimum atomic E-state index is -0.0601. The maximum absolute atomic E-state index is 12.0. The van der Waals surface area contributed by atoms with Crippen molar-refractivity contribution in [2.75, 3.05) is 0 Å². The van der Waals surface area contributed by atoms with Crippen LogP contribution in [0.3, 0.4) is 0 Å². The van der Waals surface area contributed by atoms with Crippen molar-refractivity contribution in [3.8, 4) is 0 Å². The molecule has 0 spiro atoms. The zero-order chi connectivity index (χ0) is 12.7. The molecule has 18 heavy (non-hydrogen) atoms. The van der Waals surface area contributed by atoms with E-state index in [0.29, 0.717) is 17.6 Å². The first-order chi connectivity index (χ1) is 8.63. The van der Waals surface area contributed by atoms with Crippen LogP contribution in [0.1, 0.15) is 17.0 Å². The smallest absolute Gasteiger partial charge is 0.259 e. The fourth-order valence-electron chi connectivity index (χ4n) is 1.85. The van der Waals surface area contributed by atoms with Crippen molar-refractivity contribution in [3.63, 3.8) is 0 Å². The fourth-order valence-corrected chi connectivity index (χ4v) is 3.70. The molecule has 0 unspecified atom stereocenters. The Morgan fingerprint density at radius 2 is 2.22 bits per heavy atom. The van der Waals surface area contributed by atoms with E-state index in [2.05, 4.69) is 9.97 Å². The maximum atomic E-state index is 12.0. The molecule has 0 aromatic carbocycles. The molecule has 3 aromatic heterocycles. The van der Waals surface area contributed by atoms with Gasteiger partial charge in [-0.15, -0.1) is 22.7 Å². The van der Waals surface area contributed by atoms with Crippen LogP contribution < -0.4 is 5.56 Å². The summed E-state index contributed by atoms with van der Waals surface area (Å²) in [5.74, 6) is 0.684. The number of H-pyrrole nitrogens is 1. The number of nitrogens with zero attached hydrogens (tertiary/aromatic N) is 1. The average molecular weight is 297 g/mol. The number of aromatic amines is 1. The SMILES string of the molecule is Cc1csc2nc(Cc3csc(Cl)c3)[nH]c(=O)c12. The first kappa shape index (κ1) is 11.9. The Labute approximate surface area is 116 Å². The molecule has 0 saturated heterocycles. The van der Waals surface area contributed by atoms with E-state index in [-0.39, 0.29) is 5.56 Å². The number of hydrogen-bond acceptors (Lipinski definition) is 4. The van der Waals surface area contributed by atoms with Crippen LogP contribution in [-0.4, -0.2) is 9.97 Å². The lowest BCUT2D eigenvalue weighted by atomic mass is 10.2. The predicted molar refractivity (Wildman–Crippen MR) is 77.1 cm³/mol. The minimum absolute atomic E-state index is 0.0601. The van der Waals surface area contributed by atoms with E-state index >= 15 is 0 Å². The van der Waals surface area contributed by atoms with Gasteiger partial charge < -0.3 is 4.98 Å². The summed E-state index contributed by atoms with van der Waals surface area (Å²) in [6.45, 7) is 1.92. The minimum Gasteiger partial charge on any atom is -0.310 e. The highest BCUT2D eigenvalue weighted by molar-refractivity contribution is 7.16. The van der Waals surface area contributed by atoms with Crippen molar-refractivity contribution in [3.05, 3.63) is 48.5 Å². The Morgan fingerprint density at radius 3 is 2.94 bits per heavy atom. The largest absolute Gasteiger partial charge is 0.310 e. The Hall–Kier alpha value is -1.17. The number of nitrogens with one attached hydrogen (secondary N) is 1. The second kappa shape index (κ2) is 4.50. The molecule has 3 rings (SSSR count). The van der Waals surface area contributed by atoms with Gasteiger partial charge in [-0.05, 0) is 34.9 Å². The Morgan fingerprint density at radius 1 is 1.39 bits per heavy atom. The Kier molecular flexibility index (Phi) is 2.97. The van der Waals surface area contributed by atoms with E-state index in [0.717, 1.165) is 20.3 Å². The van der Waals surface area contributed by atoms with Crippen molar-refractivity contribution in [2.45, 2.75) is 13.3 Å². The van der Waals surface area contributed by atoms with Crippen molar-refractivity contribution < 1.29 is 0 Å². The normalized spacial score (nSPS) is 11.2. The highest BCUT2D eigenvalue weighted by Gasteiger charge is 2.09. The molecule has 3 heterocycles. The molecule has 0 fully saturated rings. The number of aromatic nitrogens is 2. The molecule has 6 heteroatoms. The lowest BCUT2D eigenvalue weighted by Gasteiger charge is -1.99. The molecule has 3 nitrogen and oxygen atoms in total. The van der Waals surface area contributed by atoms with Crippen LogP contribution in [0.25, 0.3) is 10.2 Å². The summed E-state index contributed by atoms with van der Waals surface area (Å²) in [5.41, 5.74) is 1.99. The third-order valence-corrected chi connectivity index (χ3v) is 4.80. The van der Waals surface area contributed by atoms with Crippen molar-refractivity contribution in [1.29, 1.82) is 0 Å². The van der Waals surface area contributed by atoms with Gasteiger partial charge in [-0.3, -0.25) is 4.79 Å². The van der Waals surface area contributed by atoms with Gasteiger partial charge in [-0.1, -0.05) is 11.6 Å². The summed E-state index contributed by atoms with van der Waals surface area (Å²) in [6.07, 6.45) is 0.603. The summed E-state index contributed by atoms with van der Waals surface area (Å²) in [7, 11) is 0. The van der Waals surface area contributed by atoms with E-state index in [1.807, 2.05) is 23.8 Å². The number of hydrogen-bond donors (Lipinski definition) is 1.